The van der Waals surface area contributed by atoms with Crippen molar-refractivity contribution in [3.63, 3.8) is 0 Å². The van der Waals surface area contributed by atoms with E-state index in [1.165, 1.54) is 28.6 Å². The van der Waals surface area contributed by atoms with E-state index < -0.39 is 16.0 Å². The second kappa shape index (κ2) is 8.28. The zero-order valence-electron chi connectivity index (χ0n) is 15.9. The molecular formula is C20H24N2O5S. The van der Waals surface area contributed by atoms with Crippen molar-refractivity contribution in [1.82, 2.24) is 9.29 Å². The fourth-order valence-corrected chi connectivity index (χ4v) is 5.19. The molecule has 8 heteroatoms. The molecule has 1 aromatic heterocycles. The number of nitrogens with one attached hydrogen (secondary N) is 1. The van der Waals surface area contributed by atoms with Gasteiger partial charge in [-0.25, -0.2) is 13.2 Å². The van der Waals surface area contributed by atoms with Crippen molar-refractivity contribution in [3.8, 4) is 0 Å². The normalized spacial score (nSPS) is 20.6. The highest BCUT2D eigenvalue weighted by atomic mass is 32.2. The fraction of sp³-hybridized carbons (Fsp3) is 0.400. The molecule has 0 aliphatic carbocycles. The van der Waals surface area contributed by atoms with Crippen LogP contribution in [0.4, 0.5) is 0 Å². The van der Waals surface area contributed by atoms with Crippen LogP contribution in [-0.2, 0) is 14.8 Å². The van der Waals surface area contributed by atoms with E-state index >= 15 is 0 Å². The number of aromatic nitrogens is 1. The summed E-state index contributed by atoms with van der Waals surface area (Å²) >= 11 is 0. The second-order valence-corrected chi connectivity index (χ2v) is 9.31. The molecule has 0 amide bonds. The monoisotopic (exact) mass is 404 g/mol. The van der Waals surface area contributed by atoms with Gasteiger partial charge >= 0.3 is 5.97 Å². The van der Waals surface area contributed by atoms with Crippen LogP contribution in [0.25, 0.3) is 0 Å². The number of hydrogen-bond donors (Lipinski definition) is 1. The summed E-state index contributed by atoms with van der Waals surface area (Å²) in [6, 6.07) is 8.90. The summed E-state index contributed by atoms with van der Waals surface area (Å²) in [6.45, 7) is 4.70. The molecule has 1 saturated heterocycles. The van der Waals surface area contributed by atoms with Gasteiger partial charge in [-0.1, -0.05) is 13.8 Å². The van der Waals surface area contributed by atoms with E-state index in [0.717, 1.165) is 6.42 Å². The minimum Gasteiger partial charge on any atom is -0.454 e. The largest absolute Gasteiger partial charge is 0.454 e. The van der Waals surface area contributed by atoms with Crippen LogP contribution in [0.5, 0.6) is 0 Å². The molecule has 0 unspecified atom stereocenters. The first-order chi connectivity index (χ1) is 13.3. The summed E-state index contributed by atoms with van der Waals surface area (Å²) in [5.41, 5.74) is 0.554. The van der Waals surface area contributed by atoms with Gasteiger partial charge in [0.15, 0.2) is 6.61 Å². The molecule has 1 fully saturated rings. The number of carbonyl (C=O) groups excluding carboxylic acids is 2. The lowest BCUT2D eigenvalue weighted by molar-refractivity contribution is 0.0473. The smallest absolute Gasteiger partial charge is 0.338 e. The lowest BCUT2D eigenvalue weighted by Crippen LogP contribution is -2.42. The number of sulfonamides is 1. The minimum absolute atomic E-state index is 0.146. The highest BCUT2D eigenvalue weighted by Gasteiger charge is 2.31. The Bertz CT molecular complexity index is 925. The van der Waals surface area contributed by atoms with Gasteiger partial charge in [-0.05, 0) is 54.7 Å². The molecule has 7 nitrogen and oxygen atoms in total. The standard InChI is InChI=1S/C20H24N2O5S/c1-14-10-15(2)12-22(11-14)28(25,26)17-7-5-16(6-8-17)20(24)27-13-19(23)18-4-3-9-21-18/h3-9,14-15,21H,10-13H2,1-2H3/t14-,15-/m1/s1. The third kappa shape index (κ3) is 4.51. The second-order valence-electron chi connectivity index (χ2n) is 7.38. The van der Waals surface area contributed by atoms with Crippen molar-refractivity contribution in [3.05, 3.63) is 53.9 Å². The Morgan fingerprint density at radius 1 is 1.11 bits per heavy atom. The molecule has 2 atom stereocenters. The van der Waals surface area contributed by atoms with Crippen LogP contribution in [0.2, 0.25) is 0 Å². The van der Waals surface area contributed by atoms with Gasteiger partial charge in [0.05, 0.1) is 16.2 Å². The van der Waals surface area contributed by atoms with Crippen LogP contribution in [0, 0.1) is 11.8 Å². The Labute approximate surface area is 164 Å². The lowest BCUT2D eigenvalue weighted by atomic mass is 9.94. The van der Waals surface area contributed by atoms with Gasteiger partial charge in [-0.2, -0.15) is 4.31 Å². The van der Waals surface area contributed by atoms with Crippen LogP contribution in [0.3, 0.4) is 0 Å². The number of benzene rings is 1. The Hall–Kier alpha value is -2.45. The predicted molar refractivity (Wildman–Crippen MR) is 104 cm³/mol. The number of H-pyrrole nitrogens is 1. The van der Waals surface area contributed by atoms with Crippen LogP contribution in [-0.4, -0.2) is 49.2 Å². The topological polar surface area (TPSA) is 96.5 Å². The average Bonchev–Trinajstić information content (AvgIpc) is 3.20. The van der Waals surface area contributed by atoms with E-state index in [-0.39, 0.29) is 22.8 Å². The van der Waals surface area contributed by atoms with Crippen LogP contribution in [0.1, 0.15) is 41.1 Å². The summed E-state index contributed by atoms with van der Waals surface area (Å²) in [5.74, 6) is -0.398. The van der Waals surface area contributed by atoms with Gasteiger partial charge < -0.3 is 9.72 Å². The van der Waals surface area contributed by atoms with Gasteiger partial charge in [-0.3, -0.25) is 4.79 Å². The Morgan fingerprint density at radius 2 is 1.75 bits per heavy atom. The van der Waals surface area contributed by atoms with E-state index in [1.807, 2.05) is 13.8 Å². The maximum atomic E-state index is 12.9. The summed E-state index contributed by atoms with van der Waals surface area (Å²) in [5, 5.41) is 0. The average molecular weight is 404 g/mol. The predicted octanol–water partition coefficient (Wildman–Crippen LogP) is 2.72. The summed E-state index contributed by atoms with van der Waals surface area (Å²) in [6.07, 6.45) is 2.62. The van der Waals surface area contributed by atoms with Gasteiger partial charge in [0.1, 0.15) is 0 Å². The molecule has 0 bridgehead atoms. The van der Waals surface area contributed by atoms with Gasteiger partial charge in [0.25, 0.3) is 0 Å². The fourth-order valence-electron chi connectivity index (χ4n) is 3.51. The first kappa shape index (κ1) is 20.3. The number of nitrogens with zero attached hydrogens (tertiary/aromatic N) is 1. The first-order valence-corrected chi connectivity index (χ1v) is 10.7. The summed E-state index contributed by atoms with van der Waals surface area (Å²) in [7, 11) is -3.60. The van der Waals surface area contributed by atoms with E-state index in [0.29, 0.717) is 30.6 Å². The Balaban J connectivity index is 1.65. The Kier molecular flexibility index (Phi) is 6.00. The molecular weight excluding hydrogens is 380 g/mol. The molecule has 0 saturated carbocycles. The molecule has 0 spiro atoms. The van der Waals surface area contributed by atoms with Gasteiger partial charge in [0.2, 0.25) is 15.8 Å². The number of carbonyl (C=O) groups is 2. The quantitative estimate of drug-likeness (QED) is 0.590. The maximum absolute atomic E-state index is 12.9. The number of Topliss-reactive ketones (excluding diaryl/α,β-unsaturated/α-hetero) is 1. The molecule has 2 heterocycles. The lowest BCUT2D eigenvalue weighted by Gasteiger charge is -2.34. The number of rotatable bonds is 6. The van der Waals surface area contributed by atoms with E-state index in [2.05, 4.69) is 4.98 Å². The number of piperidine rings is 1. The third-order valence-corrected chi connectivity index (χ3v) is 6.64. The third-order valence-electron chi connectivity index (χ3n) is 4.80. The van der Waals surface area contributed by atoms with Crippen LogP contribution < -0.4 is 0 Å². The molecule has 1 aliphatic heterocycles. The number of ketones is 1. The number of esters is 1. The number of aromatic amines is 1. The van der Waals surface area contributed by atoms with E-state index in [1.54, 1.807) is 18.3 Å². The highest BCUT2D eigenvalue weighted by molar-refractivity contribution is 7.89. The minimum atomic E-state index is -3.60. The molecule has 2 aromatic rings. The number of ether oxygens (including phenoxy) is 1. The molecule has 150 valence electrons. The molecule has 1 aromatic carbocycles. The highest BCUT2D eigenvalue weighted by Crippen LogP contribution is 2.26. The SMILES string of the molecule is C[C@@H]1C[C@@H](C)CN(S(=O)(=O)c2ccc(C(=O)OCC(=O)c3ccc[nH]3)cc2)C1. The van der Waals surface area contributed by atoms with Gasteiger partial charge in [0, 0.05) is 19.3 Å². The van der Waals surface area contributed by atoms with Crippen molar-refractivity contribution >= 4 is 21.8 Å². The maximum Gasteiger partial charge on any atom is 0.338 e. The molecule has 1 N–H and O–H groups in total. The molecule has 0 radical (unpaired) electrons. The van der Waals surface area contributed by atoms with Crippen molar-refractivity contribution in [2.75, 3.05) is 19.7 Å². The first-order valence-electron chi connectivity index (χ1n) is 9.21. The zero-order chi connectivity index (χ0) is 20.3. The van der Waals surface area contributed by atoms with E-state index in [4.69, 9.17) is 4.74 Å². The molecule has 1 aliphatic rings. The molecule has 3 rings (SSSR count). The summed E-state index contributed by atoms with van der Waals surface area (Å²) in [4.78, 5) is 26.9. The molecule has 28 heavy (non-hydrogen) atoms. The summed E-state index contributed by atoms with van der Waals surface area (Å²) < 4.78 is 32.3. The van der Waals surface area contributed by atoms with Gasteiger partial charge in [-0.15, -0.1) is 0 Å². The van der Waals surface area contributed by atoms with Crippen molar-refractivity contribution in [1.29, 1.82) is 0 Å². The Morgan fingerprint density at radius 3 is 2.32 bits per heavy atom. The number of hydrogen-bond acceptors (Lipinski definition) is 5. The van der Waals surface area contributed by atoms with Crippen LogP contribution in [0.15, 0.2) is 47.5 Å². The van der Waals surface area contributed by atoms with E-state index in [9.17, 15) is 18.0 Å². The van der Waals surface area contributed by atoms with Crippen LogP contribution >= 0.6 is 0 Å². The van der Waals surface area contributed by atoms with Crippen molar-refractivity contribution in [2.24, 2.45) is 11.8 Å². The van der Waals surface area contributed by atoms with Crippen molar-refractivity contribution in [2.45, 2.75) is 25.2 Å². The van der Waals surface area contributed by atoms with Crippen molar-refractivity contribution < 1.29 is 22.7 Å². The zero-order valence-corrected chi connectivity index (χ0v) is 16.7.